The van der Waals surface area contributed by atoms with Gasteiger partial charge in [-0.15, -0.1) is 11.3 Å². The molecule has 0 N–H and O–H groups in total. The van der Waals surface area contributed by atoms with Gasteiger partial charge in [0.2, 0.25) is 0 Å². The molecule has 0 saturated carbocycles. The highest BCUT2D eigenvalue weighted by Gasteiger charge is 2.18. The SMILES string of the molecule is c1ccc(-c2nc3c(-c4cccc(-c5cc(-c6ccccn6)nc(-c6ccccn6)c5)c4)cccc3c3c2sc2ccccc23)cc1. The topological polar surface area (TPSA) is 51.6 Å². The molecule has 0 aliphatic heterocycles. The quantitative estimate of drug-likeness (QED) is 0.193. The van der Waals surface area contributed by atoms with Crippen molar-refractivity contribution in [3.05, 3.63) is 158 Å². The van der Waals surface area contributed by atoms with Crippen molar-refractivity contribution in [1.29, 1.82) is 0 Å². The van der Waals surface area contributed by atoms with Gasteiger partial charge >= 0.3 is 0 Å². The molecule has 5 heteroatoms. The Morgan fingerprint density at radius 1 is 0.426 bits per heavy atom. The van der Waals surface area contributed by atoms with Gasteiger partial charge in [0.25, 0.3) is 0 Å². The molecule has 47 heavy (non-hydrogen) atoms. The summed E-state index contributed by atoms with van der Waals surface area (Å²) in [5, 5.41) is 3.70. The molecule has 0 unspecified atom stereocenters. The summed E-state index contributed by atoms with van der Waals surface area (Å²) in [7, 11) is 0. The lowest BCUT2D eigenvalue weighted by Gasteiger charge is -2.13. The Morgan fingerprint density at radius 3 is 1.81 bits per heavy atom. The van der Waals surface area contributed by atoms with Crippen molar-refractivity contribution in [2.24, 2.45) is 0 Å². The van der Waals surface area contributed by atoms with E-state index in [1.807, 2.05) is 47.7 Å². The summed E-state index contributed by atoms with van der Waals surface area (Å²) in [4.78, 5) is 19.6. The lowest BCUT2D eigenvalue weighted by molar-refractivity contribution is 1.22. The minimum absolute atomic E-state index is 0.806. The van der Waals surface area contributed by atoms with Gasteiger partial charge < -0.3 is 0 Å². The maximum Gasteiger partial charge on any atom is 0.0900 e. The van der Waals surface area contributed by atoms with Crippen molar-refractivity contribution in [1.82, 2.24) is 19.9 Å². The molecule has 9 rings (SSSR count). The molecule has 0 atom stereocenters. The average molecular weight is 619 g/mol. The number of rotatable bonds is 5. The summed E-state index contributed by atoms with van der Waals surface area (Å²) in [5.74, 6) is 0. The monoisotopic (exact) mass is 618 g/mol. The summed E-state index contributed by atoms with van der Waals surface area (Å²) in [5.41, 5.74) is 10.7. The van der Waals surface area contributed by atoms with E-state index in [-0.39, 0.29) is 0 Å². The van der Waals surface area contributed by atoms with E-state index in [0.717, 1.165) is 61.8 Å². The second-order valence-electron chi connectivity index (χ2n) is 11.5. The number of hydrogen-bond acceptors (Lipinski definition) is 5. The number of aromatic nitrogens is 4. The van der Waals surface area contributed by atoms with E-state index >= 15 is 0 Å². The minimum Gasteiger partial charge on any atom is -0.255 e. The van der Waals surface area contributed by atoms with Gasteiger partial charge in [-0.05, 0) is 65.2 Å². The van der Waals surface area contributed by atoms with Crippen molar-refractivity contribution in [3.63, 3.8) is 0 Å². The van der Waals surface area contributed by atoms with Crippen LogP contribution in [0.1, 0.15) is 0 Å². The van der Waals surface area contributed by atoms with Crippen LogP contribution in [0.15, 0.2) is 158 Å². The third-order valence-electron chi connectivity index (χ3n) is 8.57. The first kappa shape index (κ1) is 27.3. The Bertz CT molecular complexity index is 2500. The third-order valence-corrected chi connectivity index (χ3v) is 9.75. The van der Waals surface area contributed by atoms with E-state index < -0.39 is 0 Å². The molecule has 5 aromatic heterocycles. The molecule has 4 nitrogen and oxygen atoms in total. The summed E-state index contributed by atoms with van der Waals surface area (Å²) in [6, 6.07) is 50.5. The first-order valence-electron chi connectivity index (χ1n) is 15.6. The smallest absolute Gasteiger partial charge is 0.0900 e. The minimum atomic E-state index is 0.806. The normalized spacial score (nSPS) is 11.4. The predicted molar refractivity (Wildman–Crippen MR) is 195 cm³/mol. The largest absolute Gasteiger partial charge is 0.255 e. The number of hydrogen-bond donors (Lipinski definition) is 0. The van der Waals surface area contributed by atoms with Crippen LogP contribution in [0.25, 0.3) is 87.4 Å². The van der Waals surface area contributed by atoms with Crippen LogP contribution in [0.4, 0.5) is 0 Å². The fraction of sp³-hybridized carbons (Fsp3) is 0. The molecule has 0 fully saturated rings. The Kier molecular flexibility index (Phi) is 6.61. The van der Waals surface area contributed by atoms with E-state index in [4.69, 9.17) is 9.97 Å². The van der Waals surface area contributed by atoms with Gasteiger partial charge in [0.15, 0.2) is 0 Å². The van der Waals surface area contributed by atoms with Gasteiger partial charge in [0.1, 0.15) is 0 Å². The average Bonchev–Trinajstić information content (AvgIpc) is 3.55. The Morgan fingerprint density at radius 2 is 1.06 bits per heavy atom. The summed E-state index contributed by atoms with van der Waals surface area (Å²) in [6.07, 6.45) is 3.60. The van der Waals surface area contributed by atoms with E-state index in [0.29, 0.717) is 0 Å². The van der Waals surface area contributed by atoms with Crippen molar-refractivity contribution in [2.45, 2.75) is 0 Å². The fourth-order valence-corrected chi connectivity index (χ4v) is 7.62. The Labute approximate surface area is 275 Å². The molecule has 0 spiro atoms. The number of para-hydroxylation sites is 1. The molecule has 0 radical (unpaired) electrons. The molecule has 0 aliphatic rings. The van der Waals surface area contributed by atoms with Gasteiger partial charge in [0, 0.05) is 44.4 Å². The van der Waals surface area contributed by atoms with Gasteiger partial charge in [-0.3, -0.25) is 9.97 Å². The maximum atomic E-state index is 5.44. The molecular weight excluding hydrogens is 593 g/mol. The molecule has 9 aromatic rings. The van der Waals surface area contributed by atoms with Crippen molar-refractivity contribution in [2.75, 3.05) is 0 Å². The fourth-order valence-electron chi connectivity index (χ4n) is 6.39. The second kappa shape index (κ2) is 11.4. The zero-order valence-corrected chi connectivity index (χ0v) is 26.0. The van der Waals surface area contributed by atoms with Gasteiger partial charge in [-0.2, -0.15) is 0 Å². The summed E-state index contributed by atoms with van der Waals surface area (Å²) in [6.45, 7) is 0. The van der Waals surface area contributed by atoms with Crippen molar-refractivity contribution >= 4 is 42.4 Å². The number of pyridine rings is 4. The van der Waals surface area contributed by atoms with Gasteiger partial charge in [-0.25, -0.2) is 9.97 Å². The molecule has 0 amide bonds. The molecule has 0 saturated heterocycles. The van der Waals surface area contributed by atoms with Gasteiger partial charge in [-0.1, -0.05) is 97.1 Å². The highest BCUT2D eigenvalue weighted by molar-refractivity contribution is 7.26. The van der Waals surface area contributed by atoms with Crippen molar-refractivity contribution in [3.8, 4) is 56.3 Å². The zero-order valence-electron chi connectivity index (χ0n) is 25.2. The summed E-state index contributed by atoms with van der Waals surface area (Å²) < 4.78 is 2.49. The van der Waals surface area contributed by atoms with E-state index in [2.05, 4.69) is 119 Å². The molecule has 5 heterocycles. The van der Waals surface area contributed by atoms with Crippen LogP contribution >= 0.6 is 11.3 Å². The van der Waals surface area contributed by atoms with Crippen LogP contribution < -0.4 is 0 Å². The standard InChI is InChI=1S/C42H26N4S/c1-2-12-27(13-3-1)40-42-39(32-16-4-5-21-38(32)47-42)33-18-11-17-31(41(33)46-40)29-15-10-14-28(24-29)30-25-36(34-19-6-8-22-43-34)45-37(26-30)35-20-7-9-23-44-35/h1-26H. The highest BCUT2D eigenvalue weighted by Crippen LogP contribution is 2.44. The van der Waals surface area contributed by atoms with Crippen LogP contribution in [0.3, 0.4) is 0 Å². The number of fused-ring (bicyclic) bond motifs is 5. The molecule has 0 bridgehead atoms. The van der Waals surface area contributed by atoms with Crippen LogP contribution in [0.2, 0.25) is 0 Å². The number of benzene rings is 4. The predicted octanol–water partition coefficient (Wildman–Crippen LogP) is 11.1. The first-order valence-corrected chi connectivity index (χ1v) is 16.4. The van der Waals surface area contributed by atoms with Crippen molar-refractivity contribution < 1.29 is 0 Å². The maximum absolute atomic E-state index is 5.44. The number of nitrogens with zero attached hydrogens (tertiary/aromatic N) is 4. The zero-order chi connectivity index (χ0) is 31.2. The Balaban J connectivity index is 1.26. The Hall–Kier alpha value is -6.04. The number of thiophene rings is 1. The van der Waals surface area contributed by atoms with Gasteiger partial charge in [0.05, 0.1) is 38.7 Å². The molecule has 220 valence electrons. The lowest BCUT2D eigenvalue weighted by Crippen LogP contribution is -1.94. The van der Waals surface area contributed by atoms with Crippen LogP contribution in [0, 0.1) is 0 Å². The lowest BCUT2D eigenvalue weighted by atomic mass is 9.95. The van der Waals surface area contributed by atoms with Crippen LogP contribution in [0.5, 0.6) is 0 Å². The molecular formula is C42H26N4S. The van der Waals surface area contributed by atoms with E-state index in [1.165, 1.54) is 25.6 Å². The summed E-state index contributed by atoms with van der Waals surface area (Å²) >= 11 is 1.82. The molecule has 0 aliphatic carbocycles. The third kappa shape index (κ3) is 4.85. The van der Waals surface area contributed by atoms with Crippen LogP contribution in [-0.2, 0) is 0 Å². The highest BCUT2D eigenvalue weighted by atomic mass is 32.1. The van der Waals surface area contributed by atoms with Crippen LogP contribution in [-0.4, -0.2) is 19.9 Å². The molecule has 4 aromatic carbocycles. The second-order valence-corrected chi connectivity index (χ2v) is 12.5. The van der Waals surface area contributed by atoms with E-state index in [9.17, 15) is 0 Å². The first-order chi connectivity index (χ1) is 23.3. The van der Waals surface area contributed by atoms with E-state index in [1.54, 1.807) is 12.4 Å².